The monoisotopic (exact) mass is 1120 g/mol. The number of carbonyl (C=O) groups is 3. The quantitative estimate of drug-likeness (QED) is 0.0261. The summed E-state index contributed by atoms with van der Waals surface area (Å²) >= 11 is 0. The van der Waals surface area contributed by atoms with E-state index in [1.54, 1.807) is 0 Å². The minimum Gasteiger partial charge on any atom is -0.462 e. The van der Waals surface area contributed by atoms with Crippen LogP contribution in [-0.2, 0) is 28.6 Å². The summed E-state index contributed by atoms with van der Waals surface area (Å²) in [6.45, 7) is 6.34. The van der Waals surface area contributed by atoms with Gasteiger partial charge in [-0.3, -0.25) is 14.4 Å². The van der Waals surface area contributed by atoms with Gasteiger partial charge in [-0.1, -0.05) is 296 Å². The molecule has 0 saturated carbocycles. The Morgan fingerprint density at radius 1 is 0.259 bits per heavy atom. The lowest BCUT2D eigenvalue weighted by Crippen LogP contribution is -2.30. The fourth-order valence-corrected chi connectivity index (χ4v) is 9.16. The molecule has 81 heavy (non-hydrogen) atoms. The number of allylic oxidation sites excluding steroid dienone is 22. The van der Waals surface area contributed by atoms with Gasteiger partial charge in [0.2, 0.25) is 0 Å². The molecule has 0 spiro atoms. The highest BCUT2D eigenvalue weighted by Crippen LogP contribution is 2.16. The van der Waals surface area contributed by atoms with Crippen molar-refractivity contribution in [3.05, 3.63) is 134 Å². The third-order valence-corrected chi connectivity index (χ3v) is 14.1. The molecule has 0 aromatic heterocycles. The fraction of sp³-hybridized carbons (Fsp3) is 0.667. The summed E-state index contributed by atoms with van der Waals surface area (Å²) in [6, 6.07) is 0. The predicted octanol–water partition coefficient (Wildman–Crippen LogP) is 23.3. The van der Waals surface area contributed by atoms with E-state index in [2.05, 4.69) is 148 Å². The summed E-state index contributed by atoms with van der Waals surface area (Å²) in [5.41, 5.74) is 0. The zero-order chi connectivity index (χ0) is 58.5. The maximum Gasteiger partial charge on any atom is 0.306 e. The number of rotatable bonds is 60. The van der Waals surface area contributed by atoms with Crippen molar-refractivity contribution in [2.24, 2.45) is 0 Å². The number of hydrogen-bond acceptors (Lipinski definition) is 6. The van der Waals surface area contributed by atoms with Crippen LogP contribution in [-0.4, -0.2) is 37.2 Å². The summed E-state index contributed by atoms with van der Waals surface area (Å²) < 4.78 is 16.8. The lowest BCUT2D eigenvalue weighted by molar-refractivity contribution is -0.166. The first kappa shape index (κ1) is 76.5. The van der Waals surface area contributed by atoms with E-state index in [0.717, 1.165) is 116 Å². The second kappa shape index (κ2) is 68.1. The first-order valence-corrected chi connectivity index (χ1v) is 33.7. The molecule has 0 amide bonds. The number of unbranched alkanes of at least 4 members (excludes halogenated alkanes) is 27. The molecule has 0 N–H and O–H groups in total. The molecule has 0 radical (unpaired) electrons. The van der Waals surface area contributed by atoms with Gasteiger partial charge in [-0.05, 0) is 122 Å². The molecule has 0 fully saturated rings. The Labute approximate surface area is 500 Å². The Bertz CT molecular complexity index is 1720. The SMILES string of the molecule is CC/C=C\C/C=C\C/C=C\C/C=C\CCCCCCCCC(=O)OC(COC(=O)CC/C=C\C/C=C\C/C=C\C/C=C\CC)COC(=O)CCCCCCCCCCCCCCCCCC/C=C\C/C=C\C/C=C\CCCCCCC. The highest BCUT2D eigenvalue weighted by atomic mass is 16.6. The normalized spacial score (nSPS) is 13.0. The van der Waals surface area contributed by atoms with E-state index in [4.69, 9.17) is 14.2 Å². The van der Waals surface area contributed by atoms with Gasteiger partial charge in [0.1, 0.15) is 13.2 Å². The van der Waals surface area contributed by atoms with E-state index in [0.29, 0.717) is 19.3 Å². The number of carbonyl (C=O) groups excluding carboxylic acids is 3. The highest BCUT2D eigenvalue weighted by molar-refractivity contribution is 5.71. The summed E-state index contributed by atoms with van der Waals surface area (Å²) in [5.74, 6) is -1.00. The van der Waals surface area contributed by atoms with E-state index >= 15 is 0 Å². The molecular formula is C75H124O6. The standard InChI is InChI=1S/C75H124O6/c1-4-7-10-13-16-19-22-25-27-29-31-32-33-34-35-36-37-38-39-40-41-42-44-45-47-50-53-56-59-62-65-68-74(77)80-71-72(70-79-73(76)67-64-61-58-55-52-49-24-21-18-15-12-9-6-3)81-75(78)69-66-63-60-57-54-51-48-46-43-30-28-26-23-20-17-14-11-8-5-2/h8-9,11-12,17-18,20-22,25-26,28-29,31,33-34,43,46,49,52,58,61,72H,4-7,10,13-16,19,23-24,27,30,32,35-42,44-45,47-48,50-51,53-57,59-60,62-71H2,1-3H3/b11-8-,12-9-,20-17-,21-18-,25-22-,28-26-,31-29-,34-33-,46-43-,52-49-,61-58-. The third-order valence-electron chi connectivity index (χ3n) is 14.1. The molecule has 0 aliphatic rings. The highest BCUT2D eigenvalue weighted by Gasteiger charge is 2.19. The van der Waals surface area contributed by atoms with E-state index in [1.165, 1.54) is 141 Å². The molecule has 0 aromatic carbocycles. The van der Waals surface area contributed by atoms with Crippen LogP contribution in [0.25, 0.3) is 0 Å². The summed E-state index contributed by atoms with van der Waals surface area (Å²) in [5, 5.41) is 0. The van der Waals surface area contributed by atoms with Crippen LogP contribution < -0.4 is 0 Å². The Kier molecular flexibility index (Phi) is 64.3. The lowest BCUT2D eigenvalue weighted by atomic mass is 10.0. The van der Waals surface area contributed by atoms with Crippen molar-refractivity contribution < 1.29 is 28.6 Å². The number of ether oxygens (including phenoxy) is 3. The number of hydrogen-bond donors (Lipinski definition) is 0. The van der Waals surface area contributed by atoms with Gasteiger partial charge in [-0.15, -0.1) is 0 Å². The molecule has 0 aliphatic heterocycles. The lowest BCUT2D eigenvalue weighted by Gasteiger charge is -2.18. The molecule has 0 saturated heterocycles. The second-order valence-electron chi connectivity index (χ2n) is 22.0. The van der Waals surface area contributed by atoms with Crippen molar-refractivity contribution in [3.8, 4) is 0 Å². The number of esters is 3. The molecule has 6 nitrogen and oxygen atoms in total. The van der Waals surface area contributed by atoms with Crippen molar-refractivity contribution in [1.82, 2.24) is 0 Å². The summed E-state index contributed by atoms with van der Waals surface area (Å²) in [6.07, 6.45) is 96.4. The van der Waals surface area contributed by atoms with E-state index in [1.807, 2.05) is 6.08 Å². The van der Waals surface area contributed by atoms with Crippen molar-refractivity contribution in [3.63, 3.8) is 0 Å². The molecule has 460 valence electrons. The molecular weight excluding hydrogens is 997 g/mol. The second-order valence-corrected chi connectivity index (χ2v) is 22.0. The van der Waals surface area contributed by atoms with E-state index < -0.39 is 6.10 Å². The first-order valence-electron chi connectivity index (χ1n) is 33.7. The Morgan fingerprint density at radius 2 is 0.506 bits per heavy atom. The molecule has 0 aromatic rings. The van der Waals surface area contributed by atoms with Crippen LogP contribution in [0.5, 0.6) is 0 Å². The van der Waals surface area contributed by atoms with Crippen LogP contribution in [0.15, 0.2) is 134 Å². The topological polar surface area (TPSA) is 78.9 Å². The molecule has 1 unspecified atom stereocenters. The van der Waals surface area contributed by atoms with Gasteiger partial charge in [-0.25, -0.2) is 0 Å². The van der Waals surface area contributed by atoms with Gasteiger partial charge in [0.15, 0.2) is 6.10 Å². The Morgan fingerprint density at radius 3 is 0.827 bits per heavy atom. The molecule has 6 heteroatoms. The molecule has 0 aliphatic carbocycles. The van der Waals surface area contributed by atoms with Crippen LogP contribution in [0.2, 0.25) is 0 Å². The summed E-state index contributed by atoms with van der Waals surface area (Å²) in [4.78, 5) is 38.3. The van der Waals surface area contributed by atoms with Gasteiger partial charge in [0.25, 0.3) is 0 Å². The first-order chi connectivity index (χ1) is 40.0. The maximum absolute atomic E-state index is 12.9. The summed E-state index contributed by atoms with van der Waals surface area (Å²) in [7, 11) is 0. The minimum absolute atomic E-state index is 0.108. The van der Waals surface area contributed by atoms with E-state index in [9.17, 15) is 14.4 Å². The van der Waals surface area contributed by atoms with Crippen molar-refractivity contribution in [2.45, 2.75) is 309 Å². The molecule has 0 rings (SSSR count). The van der Waals surface area contributed by atoms with Crippen LogP contribution in [0, 0.1) is 0 Å². The van der Waals surface area contributed by atoms with Gasteiger partial charge in [0, 0.05) is 19.3 Å². The zero-order valence-electron chi connectivity index (χ0n) is 52.8. The van der Waals surface area contributed by atoms with Crippen molar-refractivity contribution in [2.75, 3.05) is 13.2 Å². The van der Waals surface area contributed by atoms with Gasteiger partial charge < -0.3 is 14.2 Å². The van der Waals surface area contributed by atoms with Crippen LogP contribution in [0.4, 0.5) is 0 Å². The van der Waals surface area contributed by atoms with Crippen LogP contribution >= 0.6 is 0 Å². The van der Waals surface area contributed by atoms with E-state index in [-0.39, 0.29) is 37.5 Å². The minimum atomic E-state index is -0.820. The Balaban J connectivity index is 4.29. The average Bonchev–Trinajstić information content (AvgIpc) is 3.46. The maximum atomic E-state index is 12.9. The van der Waals surface area contributed by atoms with Gasteiger partial charge >= 0.3 is 17.9 Å². The fourth-order valence-electron chi connectivity index (χ4n) is 9.16. The predicted molar refractivity (Wildman–Crippen MR) is 353 cm³/mol. The van der Waals surface area contributed by atoms with Gasteiger partial charge in [-0.2, -0.15) is 0 Å². The Hall–Kier alpha value is -4.45. The molecule has 1 atom stereocenters. The van der Waals surface area contributed by atoms with Crippen LogP contribution in [0.1, 0.15) is 303 Å². The molecule has 0 bridgehead atoms. The zero-order valence-corrected chi connectivity index (χ0v) is 52.8. The third kappa shape index (κ3) is 66.2. The van der Waals surface area contributed by atoms with Gasteiger partial charge in [0.05, 0.1) is 0 Å². The van der Waals surface area contributed by atoms with Crippen molar-refractivity contribution in [1.29, 1.82) is 0 Å². The molecule has 0 heterocycles. The average molecular weight is 1120 g/mol. The van der Waals surface area contributed by atoms with Crippen molar-refractivity contribution >= 4 is 17.9 Å². The largest absolute Gasteiger partial charge is 0.462 e. The van der Waals surface area contributed by atoms with Crippen LogP contribution in [0.3, 0.4) is 0 Å². The smallest absolute Gasteiger partial charge is 0.306 e.